The first-order chi connectivity index (χ1) is 15.5. The molecule has 176 valence electrons. The zero-order valence-corrected chi connectivity index (χ0v) is 19.4. The Morgan fingerprint density at radius 3 is 2.06 bits per heavy atom. The lowest BCUT2D eigenvalue weighted by atomic mass is 9.81. The third kappa shape index (κ3) is 4.65. The summed E-state index contributed by atoms with van der Waals surface area (Å²) < 4.78 is 16.1. The summed E-state index contributed by atoms with van der Waals surface area (Å²) in [5.74, 6) is 1.51. The average molecular weight is 446 g/mol. The van der Waals surface area contributed by atoms with Gasteiger partial charge in [-0.05, 0) is 50.7 Å². The lowest BCUT2D eigenvalue weighted by molar-refractivity contribution is -0.134. The van der Waals surface area contributed by atoms with E-state index in [0.717, 1.165) is 51.6 Å². The van der Waals surface area contributed by atoms with Crippen LogP contribution in [0.25, 0.3) is 0 Å². The molecule has 4 rings (SSSR count). The normalized spacial score (nSPS) is 25.3. The number of hydrogen-bond acceptors (Lipinski definition) is 6. The molecule has 1 aromatic rings. The summed E-state index contributed by atoms with van der Waals surface area (Å²) in [6.07, 6.45) is 7.35. The van der Waals surface area contributed by atoms with Crippen molar-refractivity contribution in [3.8, 4) is 17.2 Å². The molecular formula is C24H35N3O5. The number of nitrogens with one attached hydrogen (secondary N) is 1. The zero-order chi connectivity index (χ0) is 22.7. The van der Waals surface area contributed by atoms with Gasteiger partial charge in [-0.15, -0.1) is 0 Å². The molecule has 3 aliphatic rings. The fraction of sp³-hybridized carbons (Fsp3) is 0.667. The molecule has 3 heterocycles. The van der Waals surface area contributed by atoms with Crippen molar-refractivity contribution in [2.45, 2.75) is 63.1 Å². The van der Waals surface area contributed by atoms with E-state index in [1.54, 1.807) is 33.5 Å². The number of carbonyl (C=O) groups excluding carboxylic acids is 2. The summed E-state index contributed by atoms with van der Waals surface area (Å²) in [6.45, 7) is 2.31. The molecule has 0 aromatic heterocycles. The maximum atomic E-state index is 13.1. The predicted octanol–water partition coefficient (Wildman–Crippen LogP) is 2.45. The van der Waals surface area contributed by atoms with Gasteiger partial charge in [0.15, 0.2) is 11.5 Å². The Hall–Kier alpha value is -2.48. The predicted molar refractivity (Wildman–Crippen MR) is 121 cm³/mol. The summed E-state index contributed by atoms with van der Waals surface area (Å²) in [5.41, 5.74) is 0.483. The molecule has 8 nitrogen and oxygen atoms in total. The molecule has 32 heavy (non-hydrogen) atoms. The van der Waals surface area contributed by atoms with E-state index in [1.165, 1.54) is 6.42 Å². The van der Waals surface area contributed by atoms with Crippen LogP contribution in [-0.2, 0) is 4.79 Å². The number of methoxy groups -OCH3 is 3. The molecule has 2 unspecified atom stereocenters. The van der Waals surface area contributed by atoms with E-state index in [9.17, 15) is 9.59 Å². The molecule has 0 radical (unpaired) electrons. The van der Waals surface area contributed by atoms with Gasteiger partial charge >= 0.3 is 0 Å². The van der Waals surface area contributed by atoms with Gasteiger partial charge < -0.3 is 24.4 Å². The third-order valence-electron chi connectivity index (χ3n) is 7.16. The van der Waals surface area contributed by atoms with Gasteiger partial charge in [0, 0.05) is 36.8 Å². The van der Waals surface area contributed by atoms with E-state index in [4.69, 9.17) is 14.2 Å². The molecule has 3 aliphatic heterocycles. The second kappa shape index (κ2) is 9.98. The van der Waals surface area contributed by atoms with Crippen LogP contribution < -0.4 is 19.5 Å². The maximum absolute atomic E-state index is 13.1. The van der Waals surface area contributed by atoms with Crippen molar-refractivity contribution in [2.24, 2.45) is 0 Å². The first-order valence-corrected chi connectivity index (χ1v) is 11.7. The van der Waals surface area contributed by atoms with Crippen molar-refractivity contribution >= 4 is 11.8 Å². The SMILES string of the molecule is COc1cc(C(=O)NC2CC3CCCC(C2)N3CC(=O)N2CCCC2)cc(OC)c1OC. The smallest absolute Gasteiger partial charge is 0.251 e. The van der Waals surface area contributed by atoms with E-state index in [1.807, 2.05) is 4.90 Å². The number of carbonyl (C=O) groups is 2. The van der Waals surface area contributed by atoms with Crippen LogP contribution >= 0.6 is 0 Å². The Morgan fingerprint density at radius 1 is 0.938 bits per heavy atom. The van der Waals surface area contributed by atoms with Crippen molar-refractivity contribution in [1.29, 1.82) is 0 Å². The second-order valence-corrected chi connectivity index (χ2v) is 9.05. The van der Waals surface area contributed by atoms with Crippen molar-refractivity contribution in [3.63, 3.8) is 0 Å². The molecule has 3 fully saturated rings. The Morgan fingerprint density at radius 2 is 1.53 bits per heavy atom. The number of piperidine rings is 2. The number of rotatable bonds is 7. The lowest BCUT2D eigenvalue weighted by Crippen LogP contribution is -2.59. The van der Waals surface area contributed by atoms with Crippen LogP contribution in [0.5, 0.6) is 17.2 Å². The first-order valence-electron chi connectivity index (χ1n) is 11.7. The van der Waals surface area contributed by atoms with Crippen molar-refractivity contribution in [3.05, 3.63) is 17.7 Å². The highest BCUT2D eigenvalue weighted by Crippen LogP contribution is 2.38. The Bertz CT molecular complexity index is 800. The number of hydrogen-bond donors (Lipinski definition) is 1. The van der Waals surface area contributed by atoms with Crippen LogP contribution in [0, 0.1) is 0 Å². The number of amides is 2. The summed E-state index contributed by atoms with van der Waals surface area (Å²) in [4.78, 5) is 30.2. The zero-order valence-electron chi connectivity index (χ0n) is 19.4. The number of nitrogens with zero attached hydrogens (tertiary/aromatic N) is 2. The first kappa shape index (κ1) is 22.7. The van der Waals surface area contributed by atoms with E-state index in [-0.39, 0.29) is 17.9 Å². The topological polar surface area (TPSA) is 80.3 Å². The fourth-order valence-electron chi connectivity index (χ4n) is 5.56. The van der Waals surface area contributed by atoms with Crippen LogP contribution in [0.1, 0.15) is 55.3 Å². The van der Waals surface area contributed by atoms with Crippen LogP contribution in [0.3, 0.4) is 0 Å². The number of benzene rings is 1. The minimum atomic E-state index is -0.145. The Labute approximate surface area is 190 Å². The highest BCUT2D eigenvalue weighted by molar-refractivity contribution is 5.95. The van der Waals surface area contributed by atoms with Gasteiger partial charge in [-0.1, -0.05) is 6.42 Å². The van der Waals surface area contributed by atoms with Gasteiger partial charge in [0.1, 0.15) is 0 Å². The molecule has 8 heteroatoms. The van der Waals surface area contributed by atoms with Crippen molar-refractivity contribution in [1.82, 2.24) is 15.1 Å². The molecular weight excluding hydrogens is 410 g/mol. The Kier molecular flexibility index (Phi) is 7.08. The van der Waals surface area contributed by atoms with Gasteiger partial charge in [0.2, 0.25) is 11.7 Å². The van der Waals surface area contributed by atoms with Gasteiger partial charge in [-0.3, -0.25) is 14.5 Å². The summed E-state index contributed by atoms with van der Waals surface area (Å²) >= 11 is 0. The highest BCUT2D eigenvalue weighted by Gasteiger charge is 2.40. The minimum Gasteiger partial charge on any atom is -0.493 e. The van der Waals surface area contributed by atoms with Crippen LogP contribution in [0.15, 0.2) is 12.1 Å². The molecule has 0 saturated carbocycles. The molecule has 1 aromatic carbocycles. The van der Waals surface area contributed by atoms with E-state index in [2.05, 4.69) is 10.2 Å². The molecule has 0 spiro atoms. The summed E-state index contributed by atoms with van der Waals surface area (Å²) in [7, 11) is 4.62. The summed E-state index contributed by atoms with van der Waals surface area (Å²) in [6, 6.07) is 4.15. The van der Waals surface area contributed by atoms with E-state index < -0.39 is 0 Å². The fourth-order valence-corrected chi connectivity index (χ4v) is 5.56. The highest BCUT2D eigenvalue weighted by atomic mass is 16.5. The van der Waals surface area contributed by atoms with Crippen LogP contribution in [-0.4, -0.2) is 80.7 Å². The Balaban J connectivity index is 1.42. The van der Waals surface area contributed by atoms with Gasteiger partial charge in [-0.25, -0.2) is 0 Å². The molecule has 2 amide bonds. The van der Waals surface area contributed by atoms with Gasteiger partial charge in [0.05, 0.1) is 27.9 Å². The largest absolute Gasteiger partial charge is 0.493 e. The third-order valence-corrected chi connectivity index (χ3v) is 7.16. The van der Waals surface area contributed by atoms with E-state index in [0.29, 0.717) is 41.4 Å². The van der Waals surface area contributed by atoms with Crippen molar-refractivity contribution in [2.75, 3.05) is 41.0 Å². The average Bonchev–Trinajstić information content (AvgIpc) is 3.33. The summed E-state index contributed by atoms with van der Waals surface area (Å²) in [5, 5.41) is 3.22. The molecule has 3 saturated heterocycles. The van der Waals surface area contributed by atoms with Crippen LogP contribution in [0.4, 0.5) is 0 Å². The quantitative estimate of drug-likeness (QED) is 0.695. The number of fused-ring (bicyclic) bond motifs is 2. The second-order valence-electron chi connectivity index (χ2n) is 9.05. The van der Waals surface area contributed by atoms with Gasteiger partial charge in [-0.2, -0.15) is 0 Å². The van der Waals surface area contributed by atoms with Gasteiger partial charge in [0.25, 0.3) is 5.91 Å². The molecule has 2 bridgehead atoms. The van der Waals surface area contributed by atoms with E-state index >= 15 is 0 Å². The molecule has 1 N–H and O–H groups in total. The molecule has 0 aliphatic carbocycles. The number of likely N-dealkylation sites (tertiary alicyclic amines) is 1. The standard InChI is InChI=1S/C24H35N3O5/c1-30-20-11-16(12-21(31-2)23(20)32-3)24(29)25-17-13-18-7-6-8-19(14-17)27(18)15-22(28)26-9-4-5-10-26/h11-12,17-19H,4-10,13-15H2,1-3H3,(H,25,29). The number of ether oxygens (including phenoxy) is 3. The minimum absolute atomic E-state index is 0.0926. The molecule has 2 atom stereocenters. The van der Waals surface area contributed by atoms with Crippen molar-refractivity contribution < 1.29 is 23.8 Å². The maximum Gasteiger partial charge on any atom is 0.251 e. The monoisotopic (exact) mass is 445 g/mol. The lowest BCUT2D eigenvalue weighted by Gasteiger charge is -2.49. The van der Waals surface area contributed by atoms with Crippen LogP contribution in [0.2, 0.25) is 0 Å².